The topological polar surface area (TPSA) is 23.8 Å². The van der Waals surface area contributed by atoms with E-state index < -0.39 is 0 Å². The molecule has 2 aliphatic carbocycles. The zero-order chi connectivity index (χ0) is 12.1. The molecule has 88 valence electrons. The van der Waals surface area contributed by atoms with E-state index in [1.807, 2.05) is 18.2 Å². The molecule has 0 aliphatic heterocycles. The fraction of sp³-hybridized carbons (Fsp3) is 0.467. The quantitative estimate of drug-likeness (QED) is 0.671. The summed E-state index contributed by atoms with van der Waals surface area (Å²) in [5.74, 6) is 0. The van der Waals surface area contributed by atoms with Gasteiger partial charge in [-0.2, -0.15) is 5.26 Å². The summed E-state index contributed by atoms with van der Waals surface area (Å²) in [5.41, 5.74) is 4.56. The van der Waals surface area contributed by atoms with Crippen molar-refractivity contribution in [1.29, 1.82) is 5.26 Å². The van der Waals surface area contributed by atoms with Crippen LogP contribution in [0.1, 0.15) is 38.5 Å². The number of nitriles is 1. The van der Waals surface area contributed by atoms with Crippen molar-refractivity contribution in [3.63, 3.8) is 0 Å². The number of hydrogen-bond acceptors (Lipinski definition) is 1. The van der Waals surface area contributed by atoms with Gasteiger partial charge in [-0.15, -0.1) is 5.73 Å². The van der Waals surface area contributed by atoms with Crippen LogP contribution in [-0.2, 0) is 0 Å². The van der Waals surface area contributed by atoms with Crippen molar-refractivity contribution in [2.75, 3.05) is 0 Å². The maximum atomic E-state index is 9.09. The Morgan fingerprint density at radius 2 is 2.12 bits per heavy atom. The van der Waals surface area contributed by atoms with Gasteiger partial charge in [-0.25, -0.2) is 0 Å². The molecule has 0 aromatic heterocycles. The second kappa shape index (κ2) is 5.54. The van der Waals surface area contributed by atoms with Crippen LogP contribution in [0.15, 0.2) is 40.1 Å². The number of hydrogen-bond donors (Lipinski definition) is 0. The zero-order valence-corrected chi connectivity index (χ0v) is 11.5. The van der Waals surface area contributed by atoms with E-state index in [0.717, 1.165) is 17.3 Å². The van der Waals surface area contributed by atoms with Gasteiger partial charge in [0.15, 0.2) is 0 Å². The molecule has 2 heteroatoms. The standard InChI is InChI=1S/C15H16BrN/c16-14-6-4-5-13(7-8-14)15(11-12-17)9-2-1-3-10-15/h4-7H,1-3,9-11H2. The highest BCUT2D eigenvalue weighted by Gasteiger charge is 2.34. The molecular formula is C15H16BrN. The smallest absolute Gasteiger partial charge is 0.0631 e. The third kappa shape index (κ3) is 2.80. The fourth-order valence-electron chi connectivity index (χ4n) is 2.76. The minimum Gasteiger partial charge on any atom is -0.198 e. The molecule has 0 saturated heterocycles. The zero-order valence-electron chi connectivity index (χ0n) is 9.88. The normalized spacial score (nSPS) is 22.4. The Morgan fingerprint density at radius 3 is 2.82 bits per heavy atom. The lowest BCUT2D eigenvalue weighted by Crippen LogP contribution is -2.25. The molecular weight excluding hydrogens is 274 g/mol. The van der Waals surface area contributed by atoms with Crippen LogP contribution >= 0.6 is 15.9 Å². The van der Waals surface area contributed by atoms with E-state index in [-0.39, 0.29) is 5.41 Å². The molecule has 2 rings (SSSR count). The first-order valence-corrected chi connectivity index (χ1v) is 6.94. The first kappa shape index (κ1) is 12.4. The van der Waals surface area contributed by atoms with Crippen molar-refractivity contribution in [3.8, 4) is 6.07 Å². The Hall–Kier alpha value is -1.03. The van der Waals surface area contributed by atoms with E-state index in [2.05, 4.69) is 33.8 Å². The van der Waals surface area contributed by atoms with Gasteiger partial charge in [-0.1, -0.05) is 31.4 Å². The van der Waals surface area contributed by atoms with Gasteiger partial charge in [0.2, 0.25) is 0 Å². The highest BCUT2D eigenvalue weighted by atomic mass is 79.9. The van der Waals surface area contributed by atoms with Crippen LogP contribution in [0.4, 0.5) is 0 Å². The van der Waals surface area contributed by atoms with Gasteiger partial charge >= 0.3 is 0 Å². The molecule has 0 amide bonds. The van der Waals surface area contributed by atoms with E-state index in [0.29, 0.717) is 6.42 Å². The first-order valence-electron chi connectivity index (χ1n) is 6.15. The number of rotatable bonds is 2. The third-order valence-corrected chi connectivity index (χ3v) is 4.22. The maximum Gasteiger partial charge on any atom is 0.0631 e. The Kier molecular flexibility index (Phi) is 4.05. The summed E-state index contributed by atoms with van der Waals surface area (Å²) < 4.78 is 0.965. The van der Waals surface area contributed by atoms with Crippen molar-refractivity contribution in [3.05, 3.63) is 40.1 Å². The second-order valence-corrected chi connectivity index (χ2v) is 5.65. The minimum absolute atomic E-state index is 0.0714. The molecule has 0 spiro atoms. The average Bonchev–Trinajstić information content (AvgIpc) is 2.56. The Labute approximate surface area is 111 Å². The molecule has 0 bridgehead atoms. The lowest BCUT2D eigenvalue weighted by molar-refractivity contribution is 0.250. The van der Waals surface area contributed by atoms with Gasteiger partial charge in [0.25, 0.3) is 0 Å². The Bertz CT molecular complexity index is 450. The second-order valence-electron chi connectivity index (χ2n) is 4.79. The van der Waals surface area contributed by atoms with Gasteiger partial charge in [0, 0.05) is 11.8 Å². The maximum absolute atomic E-state index is 9.09. The summed E-state index contributed by atoms with van der Waals surface area (Å²) in [5, 5.41) is 9.09. The van der Waals surface area contributed by atoms with Gasteiger partial charge < -0.3 is 0 Å². The Balaban J connectivity index is 2.34. The molecule has 0 aromatic rings. The van der Waals surface area contributed by atoms with E-state index in [9.17, 15) is 0 Å². The lowest BCUT2D eigenvalue weighted by atomic mass is 9.67. The summed E-state index contributed by atoms with van der Waals surface area (Å²) >= 11 is 3.44. The van der Waals surface area contributed by atoms with E-state index in [4.69, 9.17) is 5.26 Å². The molecule has 0 atom stereocenters. The van der Waals surface area contributed by atoms with Crippen LogP contribution in [0.5, 0.6) is 0 Å². The lowest BCUT2D eigenvalue weighted by Gasteiger charge is -2.36. The molecule has 17 heavy (non-hydrogen) atoms. The van der Waals surface area contributed by atoms with E-state index in [1.165, 1.54) is 24.8 Å². The highest BCUT2D eigenvalue weighted by Crippen LogP contribution is 2.45. The molecule has 0 unspecified atom stereocenters. The first-order chi connectivity index (χ1) is 8.27. The molecule has 0 radical (unpaired) electrons. The SMILES string of the molecule is N#CCC1(C2=CC=CC(Br)=C=C2)CCCCC1. The third-order valence-electron chi connectivity index (χ3n) is 3.72. The minimum atomic E-state index is 0.0714. The predicted octanol–water partition coefficient (Wildman–Crippen LogP) is 4.78. The van der Waals surface area contributed by atoms with E-state index in [1.54, 1.807) is 0 Å². The van der Waals surface area contributed by atoms with Crippen molar-refractivity contribution in [1.82, 2.24) is 0 Å². The number of allylic oxidation sites excluding steroid dienone is 5. The van der Waals surface area contributed by atoms with Crippen molar-refractivity contribution in [2.24, 2.45) is 5.41 Å². The Morgan fingerprint density at radius 1 is 1.35 bits per heavy atom. The van der Waals surface area contributed by atoms with Gasteiger partial charge in [0.05, 0.1) is 10.6 Å². The molecule has 1 fully saturated rings. The fourth-order valence-corrected chi connectivity index (χ4v) is 3.02. The molecule has 0 aromatic carbocycles. The van der Waals surface area contributed by atoms with E-state index >= 15 is 0 Å². The summed E-state index contributed by atoms with van der Waals surface area (Å²) in [6, 6.07) is 2.38. The van der Waals surface area contributed by atoms with Crippen molar-refractivity contribution in [2.45, 2.75) is 38.5 Å². The average molecular weight is 290 g/mol. The number of halogens is 1. The van der Waals surface area contributed by atoms with Crippen LogP contribution in [-0.4, -0.2) is 0 Å². The summed E-state index contributed by atoms with van der Waals surface area (Å²) in [6.45, 7) is 0. The summed E-state index contributed by atoms with van der Waals surface area (Å²) in [6.07, 6.45) is 14.9. The van der Waals surface area contributed by atoms with Gasteiger partial charge in [-0.3, -0.25) is 0 Å². The van der Waals surface area contributed by atoms with Gasteiger partial charge in [0.1, 0.15) is 0 Å². The monoisotopic (exact) mass is 289 g/mol. The molecule has 0 heterocycles. The number of nitrogens with zero attached hydrogens (tertiary/aromatic N) is 1. The van der Waals surface area contributed by atoms with Crippen molar-refractivity contribution < 1.29 is 0 Å². The van der Waals surface area contributed by atoms with Gasteiger partial charge in [-0.05, 0) is 46.5 Å². The molecule has 0 N–H and O–H groups in total. The van der Waals surface area contributed by atoms with Crippen LogP contribution in [0.25, 0.3) is 0 Å². The van der Waals surface area contributed by atoms with Crippen LogP contribution in [0, 0.1) is 16.7 Å². The molecule has 1 nitrogen and oxygen atoms in total. The summed E-state index contributed by atoms with van der Waals surface area (Å²) in [7, 11) is 0. The summed E-state index contributed by atoms with van der Waals surface area (Å²) in [4.78, 5) is 0. The van der Waals surface area contributed by atoms with Crippen molar-refractivity contribution >= 4 is 15.9 Å². The van der Waals surface area contributed by atoms with Crippen LogP contribution in [0.3, 0.4) is 0 Å². The predicted molar refractivity (Wildman–Crippen MR) is 73.5 cm³/mol. The molecule has 1 saturated carbocycles. The molecule has 2 aliphatic rings. The van der Waals surface area contributed by atoms with Crippen LogP contribution in [0.2, 0.25) is 0 Å². The highest BCUT2D eigenvalue weighted by molar-refractivity contribution is 9.11. The van der Waals surface area contributed by atoms with Crippen LogP contribution < -0.4 is 0 Å². The largest absolute Gasteiger partial charge is 0.198 e.